The summed E-state index contributed by atoms with van der Waals surface area (Å²) in [6.07, 6.45) is 2.78. The van der Waals surface area contributed by atoms with Crippen molar-refractivity contribution in [1.29, 1.82) is 0 Å². The summed E-state index contributed by atoms with van der Waals surface area (Å²) in [5.41, 5.74) is 6.85. The molecule has 5 N–H and O–H groups in total. The summed E-state index contributed by atoms with van der Waals surface area (Å²) >= 11 is 0. The van der Waals surface area contributed by atoms with Gasteiger partial charge in [-0.15, -0.1) is 0 Å². The summed E-state index contributed by atoms with van der Waals surface area (Å²) in [4.78, 5) is 18.6. The zero-order chi connectivity index (χ0) is 14.1. The molecule has 1 amide bonds. The van der Waals surface area contributed by atoms with E-state index in [1.165, 1.54) is 6.20 Å². The van der Waals surface area contributed by atoms with Crippen LogP contribution in [0.25, 0.3) is 11.0 Å². The Morgan fingerprint density at radius 2 is 2.40 bits per heavy atom. The van der Waals surface area contributed by atoms with E-state index in [0.717, 1.165) is 11.9 Å². The largest absolute Gasteiger partial charge is 0.378 e. The fourth-order valence-electron chi connectivity index (χ4n) is 2.52. The van der Waals surface area contributed by atoms with E-state index in [1.54, 1.807) is 12.3 Å². The molecule has 1 saturated heterocycles. The van der Waals surface area contributed by atoms with E-state index < -0.39 is 12.1 Å². The normalized spacial score (nSPS) is 22.9. The maximum atomic E-state index is 13.9. The van der Waals surface area contributed by atoms with Crippen LogP contribution in [0, 0.1) is 0 Å². The molecule has 2 atom stereocenters. The number of H-pyrrole nitrogens is 1. The first-order valence-corrected chi connectivity index (χ1v) is 6.54. The maximum absolute atomic E-state index is 13.9. The molecule has 6 nitrogen and oxygen atoms in total. The van der Waals surface area contributed by atoms with Crippen LogP contribution >= 0.6 is 0 Å². The van der Waals surface area contributed by atoms with Crippen molar-refractivity contribution in [1.82, 2.24) is 15.3 Å². The number of amides is 1. The second-order valence-electron chi connectivity index (χ2n) is 4.91. The second kappa shape index (κ2) is 5.09. The molecule has 2 aromatic heterocycles. The van der Waals surface area contributed by atoms with Crippen molar-refractivity contribution in [3.05, 3.63) is 24.0 Å². The molecule has 0 bridgehead atoms. The van der Waals surface area contributed by atoms with Crippen LogP contribution in [0.3, 0.4) is 0 Å². The number of rotatable bonds is 3. The van der Waals surface area contributed by atoms with Crippen molar-refractivity contribution in [2.45, 2.75) is 18.6 Å². The predicted molar refractivity (Wildman–Crippen MR) is 74.4 cm³/mol. The van der Waals surface area contributed by atoms with Gasteiger partial charge in [0.05, 0.1) is 17.3 Å². The SMILES string of the molecule is NC(=O)c1cnc2[nH]ccc2c1NC1CCNC[C@@H]1F. The van der Waals surface area contributed by atoms with Gasteiger partial charge in [-0.1, -0.05) is 0 Å². The third kappa shape index (κ3) is 2.20. The lowest BCUT2D eigenvalue weighted by Gasteiger charge is -2.29. The highest BCUT2D eigenvalue weighted by atomic mass is 19.1. The first-order valence-electron chi connectivity index (χ1n) is 6.54. The molecule has 0 aliphatic carbocycles. The Labute approximate surface area is 114 Å². The molecule has 1 aliphatic rings. The standard InChI is InChI=1S/C13H16FN5O/c14-9-6-16-3-2-10(9)19-11-7-1-4-17-13(7)18-5-8(11)12(15)20/h1,4-5,9-10,16H,2-3,6H2,(H2,15,20)(H2,17,18,19)/t9-,10?/m0/s1. The quantitative estimate of drug-likeness (QED) is 0.666. The Morgan fingerprint density at radius 3 is 3.15 bits per heavy atom. The van der Waals surface area contributed by atoms with E-state index in [0.29, 0.717) is 24.3 Å². The average Bonchev–Trinajstić information content (AvgIpc) is 2.90. The molecular weight excluding hydrogens is 261 g/mol. The maximum Gasteiger partial charge on any atom is 0.252 e. The number of piperidine rings is 1. The molecular formula is C13H16FN5O. The third-order valence-corrected chi connectivity index (χ3v) is 3.59. The highest BCUT2D eigenvalue weighted by molar-refractivity contribution is 6.05. The van der Waals surface area contributed by atoms with Crippen molar-refractivity contribution < 1.29 is 9.18 Å². The molecule has 0 spiro atoms. The number of hydrogen-bond donors (Lipinski definition) is 4. The van der Waals surface area contributed by atoms with E-state index in [4.69, 9.17) is 5.73 Å². The smallest absolute Gasteiger partial charge is 0.252 e. The van der Waals surface area contributed by atoms with Crippen molar-refractivity contribution in [2.75, 3.05) is 18.4 Å². The Bertz CT molecular complexity index is 641. The minimum atomic E-state index is -1.01. The molecule has 1 aliphatic heterocycles. The van der Waals surface area contributed by atoms with E-state index in [1.807, 2.05) is 0 Å². The minimum absolute atomic E-state index is 0.280. The van der Waals surface area contributed by atoms with Crippen molar-refractivity contribution >= 4 is 22.6 Å². The number of fused-ring (bicyclic) bond motifs is 1. The van der Waals surface area contributed by atoms with E-state index in [9.17, 15) is 9.18 Å². The first kappa shape index (κ1) is 12.9. The van der Waals surface area contributed by atoms with Gasteiger partial charge in [-0.25, -0.2) is 9.37 Å². The fraction of sp³-hybridized carbons (Fsp3) is 0.385. The zero-order valence-electron chi connectivity index (χ0n) is 10.8. The number of hydrogen-bond acceptors (Lipinski definition) is 4. The van der Waals surface area contributed by atoms with Gasteiger partial charge in [0.2, 0.25) is 0 Å². The Kier molecular flexibility index (Phi) is 3.27. The van der Waals surface area contributed by atoms with Crippen LogP contribution in [0.2, 0.25) is 0 Å². The number of carbonyl (C=O) groups is 1. The summed E-state index contributed by atoms with van der Waals surface area (Å²) in [6, 6.07) is 1.46. The number of nitrogens with zero attached hydrogens (tertiary/aromatic N) is 1. The number of carbonyl (C=O) groups excluding carboxylic acids is 1. The van der Waals surface area contributed by atoms with Gasteiger partial charge in [0, 0.05) is 24.3 Å². The first-order chi connectivity index (χ1) is 9.66. The minimum Gasteiger partial charge on any atom is -0.378 e. The van der Waals surface area contributed by atoms with E-state index in [-0.39, 0.29) is 11.6 Å². The molecule has 0 saturated carbocycles. The number of aromatic amines is 1. The number of aromatic nitrogens is 2. The topological polar surface area (TPSA) is 95.8 Å². The van der Waals surface area contributed by atoms with Gasteiger partial charge in [-0.3, -0.25) is 4.79 Å². The van der Waals surface area contributed by atoms with Crippen LogP contribution in [-0.4, -0.2) is 41.2 Å². The number of pyridine rings is 1. The molecule has 0 aromatic carbocycles. The Morgan fingerprint density at radius 1 is 1.55 bits per heavy atom. The summed E-state index contributed by atoms with van der Waals surface area (Å²) in [5, 5.41) is 6.87. The highest BCUT2D eigenvalue weighted by Gasteiger charge is 2.26. The van der Waals surface area contributed by atoms with Crippen LogP contribution in [0.1, 0.15) is 16.8 Å². The van der Waals surface area contributed by atoms with Gasteiger partial charge in [0.1, 0.15) is 11.8 Å². The molecule has 3 heterocycles. The average molecular weight is 277 g/mol. The molecule has 20 heavy (non-hydrogen) atoms. The molecule has 1 fully saturated rings. The number of alkyl halides is 1. The van der Waals surface area contributed by atoms with E-state index in [2.05, 4.69) is 20.6 Å². The zero-order valence-corrected chi connectivity index (χ0v) is 10.8. The molecule has 2 aromatic rings. The van der Waals surface area contributed by atoms with Gasteiger partial charge in [-0.05, 0) is 19.0 Å². The van der Waals surface area contributed by atoms with Crippen LogP contribution in [0.5, 0.6) is 0 Å². The van der Waals surface area contributed by atoms with Crippen LogP contribution in [0.15, 0.2) is 18.5 Å². The van der Waals surface area contributed by atoms with Gasteiger partial charge in [0.25, 0.3) is 5.91 Å². The molecule has 1 unspecified atom stereocenters. The second-order valence-corrected chi connectivity index (χ2v) is 4.91. The Balaban J connectivity index is 2.01. The van der Waals surface area contributed by atoms with Gasteiger partial charge >= 0.3 is 0 Å². The van der Waals surface area contributed by atoms with E-state index >= 15 is 0 Å². The number of anilines is 1. The Hall–Kier alpha value is -2.15. The highest BCUT2D eigenvalue weighted by Crippen LogP contribution is 2.27. The van der Waals surface area contributed by atoms with Crippen LogP contribution in [-0.2, 0) is 0 Å². The van der Waals surface area contributed by atoms with Crippen molar-refractivity contribution in [3.63, 3.8) is 0 Å². The third-order valence-electron chi connectivity index (χ3n) is 3.59. The van der Waals surface area contributed by atoms with Gasteiger partial charge in [-0.2, -0.15) is 0 Å². The predicted octanol–water partition coefficient (Wildman–Crippen LogP) is 0.774. The van der Waals surface area contributed by atoms with Crippen molar-refractivity contribution in [2.24, 2.45) is 5.73 Å². The lowest BCUT2D eigenvalue weighted by Crippen LogP contribution is -2.45. The molecule has 3 rings (SSSR count). The number of nitrogens with one attached hydrogen (secondary N) is 3. The molecule has 106 valence electrons. The summed E-state index contributed by atoms with van der Waals surface area (Å²) in [7, 11) is 0. The number of nitrogens with two attached hydrogens (primary N) is 1. The number of halogens is 1. The number of primary amides is 1. The monoisotopic (exact) mass is 277 g/mol. The van der Waals surface area contributed by atoms with Gasteiger partial charge in [0.15, 0.2) is 0 Å². The molecule has 7 heteroatoms. The van der Waals surface area contributed by atoms with Crippen LogP contribution < -0.4 is 16.4 Å². The summed E-state index contributed by atoms with van der Waals surface area (Å²) in [5.74, 6) is -0.576. The lowest BCUT2D eigenvalue weighted by atomic mass is 10.0. The summed E-state index contributed by atoms with van der Waals surface area (Å²) in [6.45, 7) is 1.05. The van der Waals surface area contributed by atoms with Gasteiger partial charge < -0.3 is 21.4 Å². The molecule has 0 radical (unpaired) electrons. The summed E-state index contributed by atoms with van der Waals surface area (Å²) < 4.78 is 13.9. The fourth-order valence-corrected chi connectivity index (χ4v) is 2.52. The van der Waals surface area contributed by atoms with Crippen LogP contribution in [0.4, 0.5) is 10.1 Å². The lowest BCUT2D eigenvalue weighted by molar-refractivity contribution is 0.100. The van der Waals surface area contributed by atoms with Crippen molar-refractivity contribution in [3.8, 4) is 0 Å².